The SMILES string of the molecule is CCc1nnc(COc2cc(F)ccc2C(C)=O)o1. The normalized spacial score (nSPS) is 10.5. The largest absolute Gasteiger partial charge is 0.483 e. The zero-order chi connectivity index (χ0) is 13.8. The number of nitrogens with zero attached hydrogens (tertiary/aromatic N) is 2. The summed E-state index contributed by atoms with van der Waals surface area (Å²) in [6.07, 6.45) is 0.631. The van der Waals surface area contributed by atoms with Gasteiger partial charge >= 0.3 is 0 Å². The number of carbonyl (C=O) groups excluding carboxylic acids is 1. The predicted molar refractivity (Wildman–Crippen MR) is 64.4 cm³/mol. The fourth-order valence-electron chi connectivity index (χ4n) is 1.54. The summed E-state index contributed by atoms with van der Waals surface area (Å²) < 4.78 is 23.8. The number of aromatic nitrogens is 2. The number of aryl methyl sites for hydroxylation is 1. The highest BCUT2D eigenvalue weighted by atomic mass is 19.1. The molecule has 0 spiro atoms. The zero-order valence-corrected chi connectivity index (χ0v) is 10.6. The van der Waals surface area contributed by atoms with Crippen LogP contribution in [0.25, 0.3) is 0 Å². The second-order valence-electron chi connectivity index (χ2n) is 3.93. The number of rotatable bonds is 5. The molecule has 19 heavy (non-hydrogen) atoms. The quantitative estimate of drug-likeness (QED) is 0.776. The van der Waals surface area contributed by atoms with E-state index >= 15 is 0 Å². The fourth-order valence-corrected chi connectivity index (χ4v) is 1.54. The number of hydrogen-bond acceptors (Lipinski definition) is 5. The lowest BCUT2D eigenvalue weighted by molar-refractivity contribution is 0.101. The highest BCUT2D eigenvalue weighted by Gasteiger charge is 2.12. The van der Waals surface area contributed by atoms with Crippen LogP contribution in [0.3, 0.4) is 0 Å². The summed E-state index contributed by atoms with van der Waals surface area (Å²) in [7, 11) is 0. The molecule has 0 radical (unpaired) electrons. The van der Waals surface area contributed by atoms with Gasteiger partial charge in [0.15, 0.2) is 12.4 Å². The van der Waals surface area contributed by atoms with Gasteiger partial charge in [-0.2, -0.15) is 0 Å². The van der Waals surface area contributed by atoms with Crippen molar-refractivity contribution < 1.29 is 18.3 Å². The Bertz CT molecular complexity index is 595. The van der Waals surface area contributed by atoms with Crippen molar-refractivity contribution in [1.29, 1.82) is 0 Å². The van der Waals surface area contributed by atoms with Gasteiger partial charge < -0.3 is 9.15 Å². The third kappa shape index (κ3) is 3.15. The molecule has 0 aliphatic rings. The van der Waals surface area contributed by atoms with Crippen LogP contribution in [0.15, 0.2) is 22.6 Å². The van der Waals surface area contributed by atoms with Crippen molar-refractivity contribution in [2.45, 2.75) is 26.9 Å². The first kappa shape index (κ1) is 13.2. The fraction of sp³-hybridized carbons (Fsp3) is 0.308. The van der Waals surface area contributed by atoms with Crippen LogP contribution >= 0.6 is 0 Å². The number of carbonyl (C=O) groups is 1. The molecule has 1 aromatic carbocycles. The van der Waals surface area contributed by atoms with Gasteiger partial charge in [-0.1, -0.05) is 6.92 Å². The summed E-state index contributed by atoms with van der Waals surface area (Å²) in [5.41, 5.74) is 0.316. The zero-order valence-electron chi connectivity index (χ0n) is 10.6. The number of hydrogen-bond donors (Lipinski definition) is 0. The first-order valence-electron chi connectivity index (χ1n) is 5.84. The van der Waals surface area contributed by atoms with Gasteiger partial charge in [-0.15, -0.1) is 10.2 Å². The molecule has 0 fully saturated rings. The second-order valence-corrected chi connectivity index (χ2v) is 3.93. The third-order valence-electron chi connectivity index (χ3n) is 2.49. The Morgan fingerprint density at radius 3 is 2.74 bits per heavy atom. The Morgan fingerprint density at radius 1 is 1.37 bits per heavy atom. The van der Waals surface area contributed by atoms with Gasteiger partial charge in [0.25, 0.3) is 5.89 Å². The summed E-state index contributed by atoms with van der Waals surface area (Å²) in [6.45, 7) is 3.28. The molecule has 5 nitrogen and oxygen atoms in total. The van der Waals surface area contributed by atoms with Crippen LogP contribution in [0.1, 0.15) is 36.0 Å². The molecule has 100 valence electrons. The van der Waals surface area contributed by atoms with E-state index in [1.54, 1.807) is 0 Å². The Balaban J connectivity index is 2.14. The lowest BCUT2D eigenvalue weighted by Gasteiger charge is -2.07. The van der Waals surface area contributed by atoms with Crippen molar-refractivity contribution in [3.8, 4) is 5.75 Å². The van der Waals surface area contributed by atoms with E-state index in [-0.39, 0.29) is 24.0 Å². The Hall–Kier alpha value is -2.24. The number of halogens is 1. The maximum absolute atomic E-state index is 13.2. The van der Waals surface area contributed by atoms with Crippen molar-refractivity contribution in [3.63, 3.8) is 0 Å². The molecule has 0 saturated carbocycles. The highest BCUT2D eigenvalue weighted by molar-refractivity contribution is 5.96. The minimum atomic E-state index is -0.472. The highest BCUT2D eigenvalue weighted by Crippen LogP contribution is 2.21. The van der Waals surface area contributed by atoms with Crippen LogP contribution in [-0.4, -0.2) is 16.0 Å². The first-order valence-corrected chi connectivity index (χ1v) is 5.84. The van der Waals surface area contributed by atoms with Gasteiger partial charge in [0.05, 0.1) is 5.56 Å². The van der Waals surface area contributed by atoms with Crippen molar-refractivity contribution in [2.24, 2.45) is 0 Å². The monoisotopic (exact) mass is 264 g/mol. The van der Waals surface area contributed by atoms with E-state index in [4.69, 9.17) is 9.15 Å². The summed E-state index contributed by atoms with van der Waals surface area (Å²) in [5.74, 6) is 0.290. The Kier molecular flexibility index (Phi) is 3.89. The molecule has 0 saturated heterocycles. The van der Waals surface area contributed by atoms with Crippen LogP contribution in [0.2, 0.25) is 0 Å². The van der Waals surface area contributed by atoms with Gasteiger partial charge in [0.2, 0.25) is 5.89 Å². The summed E-state index contributed by atoms with van der Waals surface area (Å²) in [4.78, 5) is 11.4. The molecule has 1 aromatic heterocycles. The molecular formula is C13H13FN2O3. The van der Waals surface area contributed by atoms with E-state index in [2.05, 4.69) is 10.2 Å². The lowest BCUT2D eigenvalue weighted by atomic mass is 10.1. The van der Waals surface area contributed by atoms with Gasteiger partial charge in [-0.3, -0.25) is 4.79 Å². The standard InChI is InChI=1S/C13H13FN2O3/c1-3-12-15-16-13(19-12)7-18-11-6-9(14)4-5-10(11)8(2)17/h4-6H,3,7H2,1-2H3. The number of ketones is 1. The van der Waals surface area contributed by atoms with E-state index in [0.717, 1.165) is 6.07 Å². The van der Waals surface area contributed by atoms with Crippen LogP contribution in [0, 0.1) is 5.82 Å². The average Bonchev–Trinajstić information content (AvgIpc) is 2.84. The summed E-state index contributed by atoms with van der Waals surface area (Å²) in [5, 5.41) is 7.56. The molecule has 6 heteroatoms. The molecule has 2 aromatic rings. The van der Waals surface area contributed by atoms with E-state index in [1.807, 2.05) is 6.92 Å². The minimum Gasteiger partial charge on any atom is -0.483 e. The van der Waals surface area contributed by atoms with E-state index in [0.29, 0.717) is 17.9 Å². The van der Waals surface area contributed by atoms with Crippen molar-refractivity contribution >= 4 is 5.78 Å². The predicted octanol–water partition coefficient (Wildman–Crippen LogP) is 2.55. The van der Waals surface area contributed by atoms with Crippen LogP contribution < -0.4 is 4.74 Å². The topological polar surface area (TPSA) is 65.2 Å². The van der Waals surface area contributed by atoms with E-state index in [9.17, 15) is 9.18 Å². The molecule has 2 rings (SSSR count). The maximum Gasteiger partial charge on any atom is 0.253 e. The van der Waals surface area contributed by atoms with E-state index in [1.165, 1.54) is 19.1 Å². The Morgan fingerprint density at radius 2 is 2.11 bits per heavy atom. The molecule has 0 unspecified atom stereocenters. The van der Waals surface area contributed by atoms with Gasteiger partial charge in [0, 0.05) is 12.5 Å². The molecule has 0 aliphatic heterocycles. The molecule has 1 heterocycles. The number of benzene rings is 1. The van der Waals surface area contributed by atoms with Crippen molar-refractivity contribution in [1.82, 2.24) is 10.2 Å². The molecule has 0 aliphatic carbocycles. The van der Waals surface area contributed by atoms with Crippen molar-refractivity contribution in [2.75, 3.05) is 0 Å². The van der Waals surface area contributed by atoms with Crippen LogP contribution in [0.5, 0.6) is 5.75 Å². The molecule has 0 bridgehead atoms. The van der Waals surface area contributed by atoms with Gasteiger partial charge in [-0.25, -0.2) is 4.39 Å². The number of ether oxygens (including phenoxy) is 1. The number of Topliss-reactive ketones (excluding diaryl/α,β-unsaturated/α-hetero) is 1. The molecule has 0 amide bonds. The second kappa shape index (κ2) is 5.60. The van der Waals surface area contributed by atoms with Crippen LogP contribution in [-0.2, 0) is 13.0 Å². The lowest BCUT2D eigenvalue weighted by Crippen LogP contribution is -2.02. The molecular weight excluding hydrogens is 251 g/mol. The van der Waals surface area contributed by atoms with E-state index < -0.39 is 5.82 Å². The summed E-state index contributed by atoms with van der Waals surface area (Å²) in [6, 6.07) is 3.76. The van der Waals surface area contributed by atoms with Crippen molar-refractivity contribution in [3.05, 3.63) is 41.4 Å². The first-order chi connectivity index (χ1) is 9.10. The maximum atomic E-state index is 13.2. The molecule has 0 N–H and O–H groups in total. The molecule has 0 atom stereocenters. The third-order valence-corrected chi connectivity index (χ3v) is 2.49. The van der Waals surface area contributed by atoms with Crippen LogP contribution in [0.4, 0.5) is 4.39 Å². The minimum absolute atomic E-state index is 0.00324. The Labute approximate surface area is 109 Å². The smallest absolute Gasteiger partial charge is 0.253 e. The van der Waals surface area contributed by atoms with Gasteiger partial charge in [-0.05, 0) is 19.1 Å². The van der Waals surface area contributed by atoms with Gasteiger partial charge in [0.1, 0.15) is 11.6 Å². The average molecular weight is 264 g/mol. The summed E-state index contributed by atoms with van der Waals surface area (Å²) >= 11 is 0.